The van der Waals surface area contributed by atoms with Crippen LogP contribution in [-0.4, -0.2) is 30.6 Å². The largest absolute Gasteiger partial charge is 0.497 e. The molecule has 0 N–H and O–H groups in total. The Bertz CT molecular complexity index is 651. The quantitative estimate of drug-likeness (QED) is 0.718. The first-order chi connectivity index (χ1) is 12.1. The maximum atomic E-state index is 12.1. The van der Waals surface area contributed by atoms with E-state index in [2.05, 4.69) is 23.1 Å². The summed E-state index contributed by atoms with van der Waals surface area (Å²) in [6.07, 6.45) is 8.15. The van der Waals surface area contributed by atoms with E-state index in [4.69, 9.17) is 9.47 Å². The lowest BCUT2D eigenvalue weighted by molar-refractivity contribution is -0.147. The van der Waals surface area contributed by atoms with Crippen molar-refractivity contribution < 1.29 is 14.3 Å². The highest BCUT2D eigenvalue weighted by Gasteiger charge is 2.30. The number of nitrogens with zero attached hydrogens (tertiary/aromatic N) is 1. The van der Waals surface area contributed by atoms with E-state index >= 15 is 0 Å². The highest BCUT2D eigenvalue weighted by atomic mass is 16.5. The summed E-state index contributed by atoms with van der Waals surface area (Å²) in [6, 6.07) is 6.60. The molecule has 1 heterocycles. The second kappa shape index (κ2) is 7.94. The van der Waals surface area contributed by atoms with Crippen LogP contribution in [0.4, 0.5) is 0 Å². The number of ether oxygens (including phenoxy) is 2. The van der Waals surface area contributed by atoms with Gasteiger partial charge in [0.1, 0.15) is 5.75 Å². The van der Waals surface area contributed by atoms with Crippen LogP contribution in [0.3, 0.4) is 0 Å². The predicted octanol–water partition coefficient (Wildman–Crippen LogP) is 4.39. The summed E-state index contributed by atoms with van der Waals surface area (Å²) in [5.74, 6) is 0.807. The van der Waals surface area contributed by atoms with Crippen LogP contribution in [0.2, 0.25) is 0 Å². The van der Waals surface area contributed by atoms with Crippen molar-refractivity contribution in [2.75, 3.05) is 13.7 Å². The molecule has 0 fully saturated rings. The van der Waals surface area contributed by atoms with Crippen LogP contribution in [-0.2, 0) is 16.0 Å². The average Bonchev–Trinajstić information content (AvgIpc) is 3.12. The molecule has 4 nitrogen and oxygen atoms in total. The van der Waals surface area contributed by atoms with E-state index < -0.39 is 0 Å². The fraction of sp³-hybridized carbons (Fsp3) is 0.571. The van der Waals surface area contributed by atoms with Crippen LogP contribution in [0.15, 0.2) is 30.0 Å². The fourth-order valence-corrected chi connectivity index (χ4v) is 3.96. The molecule has 0 saturated carbocycles. The van der Waals surface area contributed by atoms with Crippen molar-refractivity contribution >= 4 is 5.97 Å². The average molecular weight is 343 g/mol. The smallest absolute Gasteiger partial charge is 0.306 e. The molecule has 0 spiro atoms. The molecule has 1 aliphatic carbocycles. The predicted molar refractivity (Wildman–Crippen MR) is 98.5 cm³/mol. The lowest BCUT2D eigenvalue weighted by atomic mass is 9.89. The summed E-state index contributed by atoms with van der Waals surface area (Å²) in [4.78, 5) is 14.6. The maximum Gasteiger partial charge on any atom is 0.306 e. The van der Waals surface area contributed by atoms with Gasteiger partial charge in [0.25, 0.3) is 0 Å². The van der Waals surface area contributed by atoms with Gasteiger partial charge in [0, 0.05) is 18.7 Å². The number of fused-ring (bicyclic) bond motifs is 1. The van der Waals surface area contributed by atoms with E-state index in [1.807, 2.05) is 19.9 Å². The SMILES string of the molecule is COc1ccc2c(c1)CCN(C1=CCCC1)[C@@H]2CCC(=O)OC(C)C. The first kappa shape index (κ1) is 17.8. The van der Waals surface area contributed by atoms with Gasteiger partial charge < -0.3 is 14.4 Å². The number of hydrogen-bond donors (Lipinski definition) is 0. The number of carbonyl (C=O) groups is 1. The van der Waals surface area contributed by atoms with Crippen LogP contribution in [0.5, 0.6) is 5.75 Å². The molecule has 1 aromatic carbocycles. The number of benzene rings is 1. The molecule has 0 bridgehead atoms. The second-order valence-electron chi connectivity index (χ2n) is 7.19. The molecule has 1 atom stereocenters. The number of allylic oxidation sites excluding steroid dienone is 2. The third kappa shape index (κ3) is 4.17. The zero-order valence-electron chi connectivity index (χ0n) is 15.6. The monoisotopic (exact) mass is 343 g/mol. The molecule has 0 unspecified atom stereocenters. The highest BCUT2D eigenvalue weighted by Crippen LogP contribution is 2.39. The summed E-state index contributed by atoms with van der Waals surface area (Å²) >= 11 is 0. The van der Waals surface area contributed by atoms with Gasteiger partial charge in [-0.15, -0.1) is 0 Å². The molecule has 0 amide bonds. The van der Waals surface area contributed by atoms with Gasteiger partial charge in [-0.2, -0.15) is 0 Å². The molecule has 0 aromatic heterocycles. The summed E-state index contributed by atoms with van der Waals surface area (Å²) in [5.41, 5.74) is 4.12. The van der Waals surface area contributed by atoms with Gasteiger partial charge in [-0.05, 0) is 69.2 Å². The third-order valence-corrected chi connectivity index (χ3v) is 5.08. The van der Waals surface area contributed by atoms with E-state index in [9.17, 15) is 4.79 Å². The van der Waals surface area contributed by atoms with Crippen LogP contribution in [0.25, 0.3) is 0 Å². The number of methoxy groups -OCH3 is 1. The Kier molecular flexibility index (Phi) is 5.67. The van der Waals surface area contributed by atoms with Crippen molar-refractivity contribution in [1.29, 1.82) is 0 Å². The van der Waals surface area contributed by atoms with Gasteiger partial charge in [-0.25, -0.2) is 0 Å². The van der Waals surface area contributed by atoms with Crippen molar-refractivity contribution in [1.82, 2.24) is 4.90 Å². The van der Waals surface area contributed by atoms with Gasteiger partial charge >= 0.3 is 5.97 Å². The molecule has 1 aromatic rings. The molecule has 0 radical (unpaired) electrons. The Balaban J connectivity index is 1.81. The molecule has 25 heavy (non-hydrogen) atoms. The first-order valence-corrected chi connectivity index (χ1v) is 9.40. The van der Waals surface area contributed by atoms with E-state index in [0.717, 1.165) is 31.6 Å². The molecule has 136 valence electrons. The van der Waals surface area contributed by atoms with Crippen LogP contribution in [0, 0.1) is 0 Å². The minimum absolute atomic E-state index is 0.0518. The summed E-state index contributed by atoms with van der Waals surface area (Å²) < 4.78 is 10.7. The van der Waals surface area contributed by atoms with Crippen LogP contribution in [0.1, 0.15) is 63.1 Å². The van der Waals surface area contributed by atoms with Crippen molar-refractivity contribution in [2.24, 2.45) is 0 Å². The highest BCUT2D eigenvalue weighted by molar-refractivity contribution is 5.69. The lowest BCUT2D eigenvalue weighted by Crippen LogP contribution is -2.35. The van der Waals surface area contributed by atoms with E-state index in [1.165, 1.54) is 29.7 Å². The number of carbonyl (C=O) groups excluding carboxylic acids is 1. The first-order valence-electron chi connectivity index (χ1n) is 9.40. The van der Waals surface area contributed by atoms with Crippen molar-refractivity contribution in [3.05, 3.63) is 41.1 Å². The normalized spacial score (nSPS) is 19.6. The van der Waals surface area contributed by atoms with Crippen LogP contribution < -0.4 is 4.74 Å². The maximum absolute atomic E-state index is 12.1. The molecule has 2 aliphatic rings. The minimum atomic E-state index is -0.101. The Hall–Kier alpha value is -1.97. The molecule has 4 heteroatoms. The number of esters is 1. The topological polar surface area (TPSA) is 38.8 Å². The van der Waals surface area contributed by atoms with Crippen LogP contribution >= 0.6 is 0 Å². The van der Waals surface area contributed by atoms with Gasteiger partial charge in [0.05, 0.1) is 19.3 Å². The zero-order chi connectivity index (χ0) is 17.8. The molecular weight excluding hydrogens is 314 g/mol. The fourth-order valence-electron chi connectivity index (χ4n) is 3.96. The Morgan fingerprint density at radius 3 is 2.84 bits per heavy atom. The lowest BCUT2D eigenvalue weighted by Gasteiger charge is -2.40. The van der Waals surface area contributed by atoms with Gasteiger partial charge in [-0.3, -0.25) is 4.79 Å². The van der Waals surface area contributed by atoms with Gasteiger partial charge in [-0.1, -0.05) is 12.1 Å². The Morgan fingerprint density at radius 2 is 2.16 bits per heavy atom. The molecular formula is C21H29NO3. The van der Waals surface area contributed by atoms with Gasteiger partial charge in [0.15, 0.2) is 0 Å². The van der Waals surface area contributed by atoms with Gasteiger partial charge in [0.2, 0.25) is 0 Å². The van der Waals surface area contributed by atoms with Crippen molar-refractivity contribution in [2.45, 2.75) is 64.5 Å². The molecule has 1 aliphatic heterocycles. The molecule has 0 saturated heterocycles. The summed E-state index contributed by atoms with van der Waals surface area (Å²) in [7, 11) is 1.71. The minimum Gasteiger partial charge on any atom is -0.497 e. The van der Waals surface area contributed by atoms with E-state index in [0.29, 0.717) is 6.42 Å². The van der Waals surface area contributed by atoms with Crippen molar-refractivity contribution in [3.8, 4) is 5.75 Å². The van der Waals surface area contributed by atoms with E-state index in [1.54, 1.807) is 7.11 Å². The number of rotatable bonds is 6. The van der Waals surface area contributed by atoms with E-state index in [-0.39, 0.29) is 18.1 Å². The second-order valence-corrected chi connectivity index (χ2v) is 7.19. The third-order valence-electron chi connectivity index (χ3n) is 5.08. The molecule has 3 rings (SSSR count). The number of hydrogen-bond acceptors (Lipinski definition) is 4. The van der Waals surface area contributed by atoms with Crippen molar-refractivity contribution in [3.63, 3.8) is 0 Å². The summed E-state index contributed by atoms with van der Waals surface area (Å²) in [6.45, 7) is 4.81. The Labute approximate surface area is 150 Å². The zero-order valence-corrected chi connectivity index (χ0v) is 15.6. The summed E-state index contributed by atoms with van der Waals surface area (Å²) in [5, 5.41) is 0. The standard InChI is InChI=1S/C21H29NO3/c1-15(2)25-21(23)11-10-20-19-9-8-18(24-3)14-16(19)12-13-22(20)17-6-4-5-7-17/h6,8-9,14-15,20H,4-5,7,10-13H2,1-3H3/t20-/m1/s1. The Morgan fingerprint density at radius 1 is 1.32 bits per heavy atom.